The molecule has 0 amide bonds. The normalized spacial score (nSPS) is 14.3. The van der Waals surface area contributed by atoms with E-state index in [2.05, 4.69) is 47.6 Å². The number of phenols is 1. The van der Waals surface area contributed by atoms with Gasteiger partial charge < -0.3 is 10.3 Å². The maximum atomic E-state index is 12.3. The Labute approximate surface area is 135 Å². The van der Waals surface area contributed by atoms with Crippen molar-refractivity contribution in [2.24, 2.45) is 0 Å². The molecule has 0 aromatic heterocycles. The van der Waals surface area contributed by atoms with E-state index in [1.54, 1.807) is 0 Å². The van der Waals surface area contributed by atoms with Gasteiger partial charge in [0.1, 0.15) is 5.75 Å². The molecule has 1 rings (SSSR count). The third-order valence-electron chi connectivity index (χ3n) is 3.73. The van der Waals surface area contributed by atoms with Crippen LogP contribution in [0.2, 0.25) is 0 Å². The van der Waals surface area contributed by atoms with Gasteiger partial charge in [0.25, 0.3) is 0 Å². The lowest BCUT2D eigenvalue weighted by Crippen LogP contribution is -2.29. The second-order valence-corrected chi connectivity index (χ2v) is 9.09. The highest BCUT2D eigenvalue weighted by Gasteiger charge is 2.26. The molecule has 0 saturated heterocycles. The molecule has 0 aliphatic rings. The Morgan fingerprint density at radius 3 is 1.77 bits per heavy atom. The van der Waals surface area contributed by atoms with Gasteiger partial charge in [-0.25, -0.2) is 4.74 Å². The molecule has 0 fully saturated rings. The van der Waals surface area contributed by atoms with Gasteiger partial charge in [0.15, 0.2) is 11.8 Å². The molecule has 22 heavy (non-hydrogen) atoms. The summed E-state index contributed by atoms with van der Waals surface area (Å²) in [4.78, 5) is 0. The summed E-state index contributed by atoms with van der Waals surface area (Å²) in [5.41, 5.74) is 1.79. The van der Waals surface area contributed by atoms with E-state index in [1.807, 2.05) is 26.8 Å². The number of benzene rings is 1. The summed E-state index contributed by atoms with van der Waals surface area (Å²) < 4.78 is 0.904. The fourth-order valence-corrected chi connectivity index (χ4v) is 2.08. The van der Waals surface area contributed by atoms with Crippen molar-refractivity contribution in [3.05, 3.63) is 34.0 Å². The summed E-state index contributed by atoms with van der Waals surface area (Å²) in [6.07, 6.45) is 1.50. The number of hydrogen-bond acceptors (Lipinski definition) is 2. The first-order chi connectivity index (χ1) is 9.64. The van der Waals surface area contributed by atoms with Crippen molar-refractivity contribution in [2.45, 2.75) is 78.7 Å². The second kappa shape index (κ2) is 5.60. The molecule has 124 valence electrons. The predicted molar refractivity (Wildman–Crippen MR) is 94.1 cm³/mol. The van der Waals surface area contributed by atoms with Crippen LogP contribution < -0.4 is 0 Å². The first-order valence-electron chi connectivity index (χ1n) is 7.83. The first kappa shape index (κ1) is 18.5. The number of rotatable bonds is 1. The van der Waals surface area contributed by atoms with Crippen LogP contribution >= 0.6 is 0 Å². The smallest absolute Gasteiger partial charge is 0.186 e. The number of hydroxylamine groups is 1. The highest BCUT2D eigenvalue weighted by Crippen LogP contribution is 2.37. The maximum Gasteiger partial charge on any atom is 0.186 e. The minimum atomic E-state index is -0.536. The number of hydrogen-bond donors (Lipinski definition) is 1. The fraction of sp³-hybridized carbons (Fsp3) is 0.632. The Bertz CT molecular complexity index is 579. The zero-order valence-corrected chi connectivity index (χ0v) is 15.5. The maximum absolute atomic E-state index is 12.3. The summed E-state index contributed by atoms with van der Waals surface area (Å²) in [5, 5.41) is 22.9. The van der Waals surface area contributed by atoms with Gasteiger partial charge in [-0.3, -0.25) is 0 Å². The van der Waals surface area contributed by atoms with Crippen molar-refractivity contribution >= 4 is 6.21 Å². The second-order valence-electron chi connectivity index (χ2n) is 9.09. The third kappa shape index (κ3) is 4.25. The van der Waals surface area contributed by atoms with Crippen LogP contribution in [-0.4, -0.2) is 21.6 Å². The molecule has 0 unspecified atom stereocenters. The van der Waals surface area contributed by atoms with Gasteiger partial charge in [-0.05, 0) is 22.5 Å². The van der Waals surface area contributed by atoms with E-state index >= 15 is 0 Å². The van der Waals surface area contributed by atoms with Gasteiger partial charge in [-0.15, -0.1) is 0 Å². The quantitative estimate of drug-likeness (QED) is 0.353. The molecule has 3 nitrogen and oxygen atoms in total. The molecule has 0 bridgehead atoms. The third-order valence-corrected chi connectivity index (χ3v) is 3.73. The van der Waals surface area contributed by atoms with Gasteiger partial charge in [0.05, 0.1) is 5.56 Å². The van der Waals surface area contributed by atoms with Crippen LogP contribution in [0.5, 0.6) is 5.75 Å². The molecule has 0 atom stereocenters. The highest BCUT2D eigenvalue weighted by atomic mass is 16.5. The molecule has 0 aliphatic heterocycles. The minimum absolute atomic E-state index is 0.0499. The monoisotopic (exact) mass is 305 g/mol. The predicted octanol–water partition coefficient (Wildman–Crippen LogP) is 4.71. The molecule has 0 saturated carbocycles. The summed E-state index contributed by atoms with van der Waals surface area (Å²) in [7, 11) is 0. The van der Waals surface area contributed by atoms with Crippen molar-refractivity contribution in [3.63, 3.8) is 0 Å². The van der Waals surface area contributed by atoms with Crippen LogP contribution in [0.3, 0.4) is 0 Å². The van der Waals surface area contributed by atoms with Crippen LogP contribution in [0.15, 0.2) is 12.1 Å². The molecular formula is C19H31NO2. The summed E-state index contributed by atoms with van der Waals surface area (Å²) in [6, 6.07) is 3.97. The van der Waals surface area contributed by atoms with Crippen molar-refractivity contribution in [1.82, 2.24) is 0 Å². The Balaban J connectivity index is 3.65. The fourth-order valence-electron chi connectivity index (χ4n) is 2.08. The molecule has 0 aliphatic carbocycles. The van der Waals surface area contributed by atoms with Crippen LogP contribution in [-0.2, 0) is 10.8 Å². The molecule has 0 spiro atoms. The molecular weight excluding hydrogens is 274 g/mol. The molecule has 1 aromatic carbocycles. The van der Waals surface area contributed by atoms with E-state index in [0.717, 1.165) is 15.9 Å². The lowest BCUT2D eigenvalue weighted by atomic mass is 9.79. The molecule has 3 heteroatoms. The lowest BCUT2D eigenvalue weighted by Gasteiger charge is -2.27. The van der Waals surface area contributed by atoms with Crippen LogP contribution in [0, 0.1) is 5.21 Å². The Morgan fingerprint density at radius 2 is 1.41 bits per heavy atom. The van der Waals surface area contributed by atoms with Gasteiger partial charge in [-0.1, -0.05) is 47.6 Å². The SMILES string of the molecule is CC(C)(C)c1cc(C=[N+]([O-])C(C)(C)C)c(O)c(C(C)(C)C)c1. The van der Waals surface area contributed by atoms with E-state index in [-0.39, 0.29) is 16.6 Å². The Hall–Kier alpha value is -1.51. The Morgan fingerprint density at radius 1 is 0.909 bits per heavy atom. The van der Waals surface area contributed by atoms with Gasteiger partial charge in [0, 0.05) is 26.3 Å². The van der Waals surface area contributed by atoms with Crippen molar-refractivity contribution in [1.29, 1.82) is 0 Å². The van der Waals surface area contributed by atoms with Crippen molar-refractivity contribution < 1.29 is 9.85 Å². The number of nitrogens with zero attached hydrogens (tertiary/aromatic N) is 1. The molecule has 1 aromatic rings. The summed E-state index contributed by atoms with van der Waals surface area (Å²) >= 11 is 0. The zero-order chi connectivity index (χ0) is 17.5. The number of phenolic OH excluding ortho intramolecular Hbond substituents is 1. The van der Waals surface area contributed by atoms with Crippen molar-refractivity contribution in [3.8, 4) is 5.75 Å². The van der Waals surface area contributed by atoms with E-state index in [4.69, 9.17) is 0 Å². The number of aromatic hydroxyl groups is 1. The average molecular weight is 305 g/mol. The van der Waals surface area contributed by atoms with Crippen LogP contribution in [0.1, 0.15) is 79.0 Å². The summed E-state index contributed by atoms with van der Waals surface area (Å²) in [6.45, 7) is 18.2. The van der Waals surface area contributed by atoms with E-state index in [9.17, 15) is 10.3 Å². The van der Waals surface area contributed by atoms with Gasteiger partial charge in [-0.2, -0.15) is 0 Å². The minimum Gasteiger partial charge on any atom is -0.623 e. The lowest BCUT2D eigenvalue weighted by molar-refractivity contribution is -0.530. The van der Waals surface area contributed by atoms with E-state index < -0.39 is 5.54 Å². The Kier molecular flexibility index (Phi) is 4.72. The average Bonchev–Trinajstić information content (AvgIpc) is 2.27. The van der Waals surface area contributed by atoms with Crippen LogP contribution in [0.25, 0.3) is 0 Å². The summed E-state index contributed by atoms with van der Waals surface area (Å²) in [5.74, 6) is 0.200. The highest BCUT2D eigenvalue weighted by molar-refractivity contribution is 5.82. The standard InChI is InChI=1S/C19H31NO2/c1-17(2,3)14-10-13(12-20(22)19(7,8)9)16(21)15(11-14)18(4,5)6/h10-12,21H,1-9H3. The topological polar surface area (TPSA) is 46.3 Å². The van der Waals surface area contributed by atoms with Crippen LogP contribution in [0.4, 0.5) is 0 Å². The zero-order valence-electron chi connectivity index (χ0n) is 15.5. The molecule has 0 heterocycles. The van der Waals surface area contributed by atoms with Gasteiger partial charge >= 0.3 is 0 Å². The van der Waals surface area contributed by atoms with E-state index in [0.29, 0.717) is 5.56 Å². The van der Waals surface area contributed by atoms with Crippen molar-refractivity contribution in [2.75, 3.05) is 0 Å². The molecule has 1 N–H and O–H groups in total. The first-order valence-corrected chi connectivity index (χ1v) is 7.83. The largest absolute Gasteiger partial charge is 0.623 e. The van der Waals surface area contributed by atoms with Gasteiger partial charge in [0.2, 0.25) is 0 Å². The van der Waals surface area contributed by atoms with E-state index in [1.165, 1.54) is 6.21 Å². The molecule has 0 radical (unpaired) electrons.